The molecular weight excluding hydrogens is 222 g/mol. The fourth-order valence-corrected chi connectivity index (χ4v) is 1.91. The largest absolute Gasteiger partial charge is 0.384 e. The highest BCUT2D eigenvalue weighted by molar-refractivity contribution is 7.84. The first-order chi connectivity index (χ1) is 7.76. The van der Waals surface area contributed by atoms with Gasteiger partial charge in [-0.1, -0.05) is 6.92 Å². The van der Waals surface area contributed by atoms with E-state index >= 15 is 0 Å². The van der Waals surface area contributed by atoms with Gasteiger partial charge in [-0.2, -0.15) is 0 Å². The number of hydrogen-bond donors (Lipinski definition) is 2. The van der Waals surface area contributed by atoms with E-state index in [2.05, 4.69) is 15.6 Å². The Morgan fingerprint density at radius 3 is 2.56 bits per heavy atom. The molecule has 1 atom stereocenters. The first-order valence-electron chi connectivity index (χ1n) is 5.54. The summed E-state index contributed by atoms with van der Waals surface area (Å²) in [5.41, 5.74) is 1.97. The van der Waals surface area contributed by atoms with Crippen LogP contribution < -0.4 is 10.6 Å². The monoisotopic (exact) mass is 241 g/mol. The highest BCUT2D eigenvalue weighted by atomic mass is 32.2. The number of anilines is 2. The third-order valence-electron chi connectivity index (χ3n) is 2.10. The number of aromatic nitrogens is 1. The molecule has 0 aliphatic heterocycles. The van der Waals surface area contributed by atoms with Crippen LogP contribution in [0.5, 0.6) is 0 Å². The van der Waals surface area contributed by atoms with Gasteiger partial charge >= 0.3 is 0 Å². The Hall–Kier alpha value is -1.10. The van der Waals surface area contributed by atoms with Crippen molar-refractivity contribution in [1.29, 1.82) is 0 Å². The third kappa shape index (κ3) is 4.61. The Morgan fingerprint density at radius 1 is 1.25 bits per heavy atom. The van der Waals surface area contributed by atoms with Crippen molar-refractivity contribution in [2.24, 2.45) is 0 Å². The number of pyridine rings is 1. The summed E-state index contributed by atoms with van der Waals surface area (Å²) in [5, 5.41) is 6.41. The second-order valence-electron chi connectivity index (χ2n) is 3.35. The van der Waals surface area contributed by atoms with Crippen LogP contribution in [0.2, 0.25) is 0 Å². The zero-order chi connectivity index (χ0) is 11.8. The van der Waals surface area contributed by atoms with Crippen LogP contribution in [0.1, 0.15) is 13.8 Å². The molecule has 5 heteroatoms. The second-order valence-corrected chi connectivity index (χ2v) is 5.22. The average Bonchev–Trinajstić information content (AvgIpc) is 2.30. The van der Waals surface area contributed by atoms with E-state index in [0.29, 0.717) is 5.75 Å². The fraction of sp³-hybridized carbons (Fsp3) is 0.545. The van der Waals surface area contributed by atoms with Gasteiger partial charge in [0.15, 0.2) is 0 Å². The van der Waals surface area contributed by atoms with Crippen LogP contribution in [0.4, 0.5) is 11.4 Å². The van der Waals surface area contributed by atoms with Crippen molar-refractivity contribution in [2.45, 2.75) is 13.8 Å². The molecule has 0 radical (unpaired) electrons. The lowest BCUT2D eigenvalue weighted by Gasteiger charge is -2.08. The Balaban J connectivity index is 2.41. The van der Waals surface area contributed by atoms with Gasteiger partial charge in [-0.15, -0.1) is 0 Å². The van der Waals surface area contributed by atoms with Gasteiger partial charge < -0.3 is 10.6 Å². The Labute approximate surface area is 99.3 Å². The third-order valence-corrected chi connectivity index (χ3v) is 3.40. The molecule has 1 rings (SSSR count). The number of nitrogens with zero attached hydrogens (tertiary/aromatic N) is 1. The van der Waals surface area contributed by atoms with Gasteiger partial charge in [-0.25, -0.2) is 0 Å². The van der Waals surface area contributed by atoms with Crippen molar-refractivity contribution < 1.29 is 4.21 Å². The normalized spacial score (nSPS) is 12.1. The maximum Gasteiger partial charge on any atom is 0.0547 e. The summed E-state index contributed by atoms with van der Waals surface area (Å²) in [6.07, 6.45) is 3.56. The highest BCUT2D eigenvalue weighted by Crippen LogP contribution is 2.12. The van der Waals surface area contributed by atoms with Crippen molar-refractivity contribution in [2.75, 3.05) is 35.2 Å². The molecule has 1 aromatic rings. The molecule has 0 saturated heterocycles. The minimum atomic E-state index is -0.708. The van der Waals surface area contributed by atoms with Crippen molar-refractivity contribution in [3.8, 4) is 0 Å². The maximum absolute atomic E-state index is 11.2. The molecule has 0 fully saturated rings. The molecule has 0 aliphatic carbocycles. The predicted molar refractivity (Wildman–Crippen MR) is 70.4 cm³/mol. The summed E-state index contributed by atoms with van der Waals surface area (Å²) in [6, 6.07) is 2.01. The van der Waals surface area contributed by atoms with Crippen molar-refractivity contribution in [1.82, 2.24) is 4.98 Å². The highest BCUT2D eigenvalue weighted by Gasteiger charge is 1.97. The molecule has 90 valence electrons. The van der Waals surface area contributed by atoms with E-state index in [9.17, 15) is 4.21 Å². The molecule has 0 saturated carbocycles. The van der Waals surface area contributed by atoms with Gasteiger partial charge in [-0.05, 0) is 13.0 Å². The summed E-state index contributed by atoms with van der Waals surface area (Å²) >= 11 is 0. The minimum absolute atomic E-state index is 0.682. The average molecular weight is 241 g/mol. The first-order valence-corrected chi connectivity index (χ1v) is 7.02. The lowest BCUT2D eigenvalue weighted by atomic mass is 10.3. The molecule has 0 bridgehead atoms. The smallest absolute Gasteiger partial charge is 0.0547 e. The van der Waals surface area contributed by atoms with Crippen LogP contribution in [-0.2, 0) is 10.8 Å². The van der Waals surface area contributed by atoms with Gasteiger partial charge in [-0.3, -0.25) is 9.19 Å². The quantitative estimate of drug-likeness (QED) is 0.763. The van der Waals surface area contributed by atoms with E-state index in [-0.39, 0.29) is 0 Å². The van der Waals surface area contributed by atoms with Gasteiger partial charge in [0.2, 0.25) is 0 Å². The molecule has 0 amide bonds. The zero-order valence-corrected chi connectivity index (χ0v) is 10.6. The molecule has 0 spiro atoms. The van der Waals surface area contributed by atoms with Crippen molar-refractivity contribution >= 4 is 22.2 Å². The number of nitrogens with one attached hydrogen (secondary N) is 2. The fourth-order valence-electron chi connectivity index (χ4n) is 1.29. The molecule has 4 nitrogen and oxygen atoms in total. The first kappa shape index (κ1) is 13.0. The maximum atomic E-state index is 11.2. The predicted octanol–water partition coefficient (Wildman–Crippen LogP) is 1.69. The van der Waals surface area contributed by atoms with Crippen molar-refractivity contribution in [3.05, 3.63) is 18.5 Å². The summed E-state index contributed by atoms with van der Waals surface area (Å²) < 4.78 is 11.2. The Kier molecular flexibility index (Phi) is 5.85. The van der Waals surface area contributed by atoms with Crippen LogP contribution in [0.15, 0.2) is 18.5 Å². The van der Waals surface area contributed by atoms with Gasteiger partial charge in [0.1, 0.15) is 0 Å². The Bertz CT molecular complexity index is 344. The van der Waals surface area contributed by atoms with Crippen molar-refractivity contribution in [3.63, 3.8) is 0 Å². The van der Waals surface area contributed by atoms with E-state index in [1.807, 2.05) is 19.9 Å². The Morgan fingerprint density at radius 2 is 1.94 bits per heavy atom. The van der Waals surface area contributed by atoms with Crippen LogP contribution >= 0.6 is 0 Å². The number of hydrogen-bond acceptors (Lipinski definition) is 4. The molecule has 16 heavy (non-hydrogen) atoms. The molecule has 0 aliphatic rings. The lowest BCUT2D eigenvalue weighted by molar-refractivity contribution is 0.684. The van der Waals surface area contributed by atoms with Gasteiger partial charge in [0.25, 0.3) is 0 Å². The van der Waals surface area contributed by atoms with Crippen LogP contribution in [0.25, 0.3) is 0 Å². The topological polar surface area (TPSA) is 54.0 Å². The molecule has 1 heterocycles. The van der Waals surface area contributed by atoms with E-state index in [1.165, 1.54) is 0 Å². The summed E-state index contributed by atoms with van der Waals surface area (Å²) in [5.74, 6) is 1.40. The zero-order valence-electron chi connectivity index (χ0n) is 9.82. The van der Waals surface area contributed by atoms with Gasteiger partial charge in [0, 0.05) is 35.4 Å². The second kappa shape index (κ2) is 7.22. The number of rotatable bonds is 7. The van der Waals surface area contributed by atoms with E-state index in [1.54, 1.807) is 12.4 Å². The molecule has 1 unspecified atom stereocenters. The SMILES string of the molecule is CCNc1cncc(NCCS(=O)CC)c1. The van der Waals surface area contributed by atoms with Crippen LogP contribution in [0, 0.1) is 0 Å². The van der Waals surface area contributed by atoms with Crippen LogP contribution in [-0.4, -0.2) is 33.8 Å². The molecule has 0 aromatic carbocycles. The minimum Gasteiger partial charge on any atom is -0.384 e. The summed E-state index contributed by atoms with van der Waals surface area (Å²) in [7, 11) is -0.708. The molecular formula is C11H19N3OS. The molecule has 2 N–H and O–H groups in total. The summed E-state index contributed by atoms with van der Waals surface area (Å²) in [4.78, 5) is 4.12. The summed E-state index contributed by atoms with van der Waals surface area (Å²) in [6.45, 7) is 5.58. The van der Waals surface area contributed by atoms with E-state index in [4.69, 9.17) is 0 Å². The van der Waals surface area contributed by atoms with Crippen LogP contribution in [0.3, 0.4) is 0 Å². The molecule has 1 aromatic heterocycles. The standard InChI is InChI=1S/C11H19N3OS/c1-3-13-10-7-11(9-12-8-10)14-5-6-16(15)4-2/h7-9,13-14H,3-6H2,1-2H3. The lowest BCUT2D eigenvalue weighted by Crippen LogP contribution is -2.12. The van der Waals surface area contributed by atoms with Gasteiger partial charge in [0.05, 0.1) is 23.8 Å². The van der Waals surface area contributed by atoms with E-state index < -0.39 is 10.8 Å². The van der Waals surface area contributed by atoms with E-state index in [0.717, 1.165) is 30.2 Å².